The van der Waals surface area contributed by atoms with E-state index in [0.717, 1.165) is 41.9 Å². The van der Waals surface area contributed by atoms with Gasteiger partial charge in [-0.2, -0.15) is 0 Å². The third kappa shape index (κ3) is 6.12. The molecule has 0 aliphatic carbocycles. The fourth-order valence-electron chi connectivity index (χ4n) is 3.73. The highest BCUT2D eigenvalue weighted by molar-refractivity contribution is 7.98. The van der Waals surface area contributed by atoms with Gasteiger partial charge in [0.2, 0.25) is 5.91 Å². The second-order valence-corrected chi connectivity index (χ2v) is 9.31. The summed E-state index contributed by atoms with van der Waals surface area (Å²) >= 11 is 7.87. The number of carbonyl (C=O) groups excluding carboxylic acids is 1. The molecule has 8 heteroatoms. The standard InChI is InChI=1S/C24H27ClN4O2S/c1-17-5-2-6-18(13-17)16-32-24-28-27-22(29(24)20-8-3-7-19(25)14-20)10-11-23(30)26-15-21-9-4-12-31-21/h2-3,5-8,13-14,21H,4,9-12,15-16H2,1H3,(H,26,30). The number of nitrogens with one attached hydrogen (secondary N) is 1. The summed E-state index contributed by atoms with van der Waals surface area (Å²) < 4.78 is 7.57. The zero-order valence-electron chi connectivity index (χ0n) is 18.1. The summed E-state index contributed by atoms with van der Waals surface area (Å²) in [6.45, 7) is 3.44. The van der Waals surface area contributed by atoms with Crippen molar-refractivity contribution in [1.82, 2.24) is 20.1 Å². The molecule has 2 aromatic carbocycles. The average molecular weight is 471 g/mol. The average Bonchev–Trinajstić information content (AvgIpc) is 3.45. The molecular weight excluding hydrogens is 444 g/mol. The molecule has 1 unspecified atom stereocenters. The van der Waals surface area contributed by atoms with Gasteiger partial charge in [0.25, 0.3) is 0 Å². The van der Waals surface area contributed by atoms with Crippen molar-refractivity contribution in [3.05, 3.63) is 70.5 Å². The molecule has 0 bridgehead atoms. The van der Waals surface area contributed by atoms with Crippen LogP contribution in [0.3, 0.4) is 0 Å². The quantitative estimate of drug-likeness (QED) is 0.457. The summed E-state index contributed by atoms with van der Waals surface area (Å²) in [6.07, 6.45) is 3.03. The minimum Gasteiger partial charge on any atom is -0.376 e. The van der Waals surface area contributed by atoms with Gasteiger partial charge in [-0.05, 0) is 43.5 Å². The number of hydrogen-bond acceptors (Lipinski definition) is 5. The van der Waals surface area contributed by atoms with Gasteiger partial charge in [0.15, 0.2) is 5.16 Å². The molecule has 0 spiro atoms. The van der Waals surface area contributed by atoms with Crippen molar-refractivity contribution in [3.8, 4) is 5.69 Å². The normalized spacial score (nSPS) is 15.8. The summed E-state index contributed by atoms with van der Waals surface area (Å²) in [6, 6.07) is 16.1. The molecule has 1 N–H and O–H groups in total. The van der Waals surface area contributed by atoms with Gasteiger partial charge in [-0.25, -0.2) is 0 Å². The Morgan fingerprint density at radius 2 is 2.12 bits per heavy atom. The highest BCUT2D eigenvalue weighted by Gasteiger charge is 2.18. The lowest BCUT2D eigenvalue weighted by Crippen LogP contribution is -2.32. The third-order valence-electron chi connectivity index (χ3n) is 5.34. The Bertz CT molecular complexity index is 1070. The van der Waals surface area contributed by atoms with Crippen LogP contribution in [0.15, 0.2) is 53.7 Å². The van der Waals surface area contributed by atoms with Gasteiger partial charge in [0.05, 0.1) is 11.8 Å². The van der Waals surface area contributed by atoms with E-state index in [0.29, 0.717) is 24.4 Å². The first kappa shape index (κ1) is 22.8. The number of thioether (sulfide) groups is 1. The van der Waals surface area contributed by atoms with Crippen LogP contribution in [0.1, 0.15) is 36.2 Å². The highest BCUT2D eigenvalue weighted by Crippen LogP contribution is 2.27. The van der Waals surface area contributed by atoms with Gasteiger partial charge in [0, 0.05) is 36.8 Å². The van der Waals surface area contributed by atoms with Crippen molar-refractivity contribution < 1.29 is 9.53 Å². The van der Waals surface area contributed by atoms with E-state index in [2.05, 4.69) is 46.7 Å². The second-order valence-electron chi connectivity index (χ2n) is 7.93. The van der Waals surface area contributed by atoms with Gasteiger partial charge in [-0.15, -0.1) is 10.2 Å². The lowest BCUT2D eigenvalue weighted by atomic mass is 10.2. The SMILES string of the molecule is Cc1cccc(CSc2nnc(CCC(=O)NCC3CCCO3)n2-c2cccc(Cl)c2)c1. The Morgan fingerprint density at radius 3 is 2.91 bits per heavy atom. The molecule has 3 aromatic rings. The number of carbonyl (C=O) groups is 1. The monoisotopic (exact) mass is 470 g/mol. The molecule has 1 aliphatic rings. The predicted octanol–water partition coefficient (Wildman–Crippen LogP) is 4.75. The number of rotatable bonds is 9. The van der Waals surface area contributed by atoms with Gasteiger partial charge < -0.3 is 10.1 Å². The van der Waals surface area contributed by atoms with Crippen molar-refractivity contribution in [1.29, 1.82) is 0 Å². The minimum atomic E-state index is -0.00453. The molecule has 32 heavy (non-hydrogen) atoms. The first-order chi connectivity index (χ1) is 15.6. The van der Waals surface area contributed by atoms with Gasteiger partial charge in [0.1, 0.15) is 5.82 Å². The van der Waals surface area contributed by atoms with Crippen LogP contribution < -0.4 is 5.32 Å². The number of aromatic nitrogens is 3. The molecular formula is C24H27ClN4O2S. The van der Waals surface area contributed by atoms with Crippen LogP contribution in [0.2, 0.25) is 5.02 Å². The number of halogens is 1. The lowest BCUT2D eigenvalue weighted by molar-refractivity contribution is -0.121. The zero-order chi connectivity index (χ0) is 22.3. The minimum absolute atomic E-state index is 0.00453. The van der Waals surface area contributed by atoms with Crippen LogP contribution in [-0.2, 0) is 21.7 Å². The zero-order valence-corrected chi connectivity index (χ0v) is 19.7. The molecule has 4 rings (SSSR count). The predicted molar refractivity (Wildman–Crippen MR) is 127 cm³/mol. The van der Waals surface area contributed by atoms with Crippen molar-refractivity contribution in [2.24, 2.45) is 0 Å². The molecule has 6 nitrogen and oxygen atoms in total. The number of nitrogens with zero attached hydrogens (tertiary/aromatic N) is 3. The largest absolute Gasteiger partial charge is 0.376 e. The van der Waals surface area contributed by atoms with Crippen LogP contribution in [0, 0.1) is 6.92 Å². The molecule has 1 atom stereocenters. The Balaban J connectivity index is 1.46. The molecule has 1 aromatic heterocycles. The summed E-state index contributed by atoms with van der Waals surface area (Å²) in [7, 11) is 0. The maximum Gasteiger partial charge on any atom is 0.220 e. The lowest BCUT2D eigenvalue weighted by Gasteiger charge is -2.12. The molecule has 1 fully saturated rings. The van der Waals surface area contributed by atoms with E-state index in [-0.39, 0.29) is 12.0 Å². The first-order valence-corrected chi connectivity index (χ1v) is 12.2. The molecule has 1 aliphatic heterocycles. The van der Waals surface area contributed by atoms with E-state index in [1.807, 2.05) is 28.8 Å². The Kier molecular flexibility index (Phi) is 7.84. The van der Waals surface area contributed by atoms with Crippen molar-refractivity contribution in [3.63, 3.8) is 0 Å². The van der Waals surface area contributed by atoms with Gasteiger partial charge in [-0.1, -0.05) is 59.3 Å². The van der Waals surface area contributed by atoms with Crippen molar-refractivity contribution in [2.75, 3.05) is 13.2 Å². The summed E-state index contributed by atoms with van der Waals surface area (Å²) in [4.78, 5) is 12.4. The van der Waals surface area contributed by atoms with Crippen LogP contribution in [0.5, 0.6) is 0 Å². The number of hydrogen-bond donors (Lipinski definition) is 1. The van der Waals surface area contributed by atoms with Crippen LogP contribution in [-0.4, -0.2) is 39.9 Å². The molecule has 0 saturated carbocycles. The number of amides is 1. The maximum absolute atomic E-state index is 12.4. The number of aryl methyl sites for hydroxylation is 2. The first-order valence-electron chi connectivity index (χ1n) is 10.9. The summed E-state index contributed by atoms with van der Waals surface area (Å²) in [5, 5.41) is 13.2. The summed E-state index contributed by atoms with van der Waals surface area (Å²) in [5.41, 5.74) is 3.35. The van der Waals surface area contributed by atoms with E-state index in [1.54, 1.807) is 11.8 Å². The third-order valence-corrected chi connectivity index (χ3v) is 6.58. The fourth-order valence-corrected chi connectivity index (χ4v) is 4.83. The molecule has 2 heterocycles. The second kappa shape index (κ2) is 11.0. The van der Waals surface area contributed by atoms with Gasteiger partial charge >= 0.3 is 0 Å². The number of ether oxygens (including phenoxy) is 1. The van der Waals surface area contributed by atoms with Crippen molar-refractivity contribution >= 4 is 29.3 Å². The number of benzene rings is 2. The highest BCUT2D eigenvalue weighted by atomic mass is 35.5. The maximum atomic E-state index is 12.4. The van der Waals surface area contributed by atoms with Crippen LogP contribution >= 0.6 is 23.4 Å². The van der Waals surface area contributed by atoms with E-state index in [9.17, 15) is 4.79 Å². The molecule has 168 valence electrons. The van der Waals surface area contributed by atoms with Crippen LogP contribution in [0.25, 0.3) is 5.69 Å². The van der Waals surface area contributed by atoms with E-state index in [1.165, 1.54) is 11.1 Å². The molecule has 1 saturated heterocycles. The van der Waals surface area contributed by atoms with E-state index in [4.69, 9.17) is 16.3 Å². The van der Waals surface area contributed by atoms with Crippen LogP contribution in [0.4, 0.5) is 0 Å². The molecule has 1 amide bonds. The molecule has 0 radical (unpaired) electrons. The summed E-state index contributed by atoms with van der Waals surface area (Å²) in [5.74, 6) is 1.52. The van der Waals surface area contributed by atoms with E-state index < -0.39 is 0 Å². The van der Waals surface area contributed by atoms with Crippen molar-refractivity contribution in [2.45, 2.75) is 49.6 Å². The Labute approximate surface area is 197 Å². The fraction of sp³-hybridized carbons (Fsp3) is 0.375. The van der Waals surface area contributed by atoms with E-state index >= 15 is 0 Å². The topological polar surface area (TPSA) is 69.0 Å². The Morgan fingerprint density at radius 1 is 1.25 bits per heavy atom. The Hall–Kier alpha value is -2.35. The van der Waals surface area contributed by atoms with Gasteiger partial charge in [-0.3, -0.25) is 9.36 Å². The smallest absolute Gasteiger partial charge is 0.220 e.